The van der Waals surface area contributed by atoms with Gasteiger partial charge < -0.3 is 15.5 Å². The lowest BCUT2D eigenvalue weighted by Gasteiger charge is -2.27. The third kappa shape index (κ3) is 2.45. The third-order valence-corrected chi connectivity index (χ3v) is 4.57. The van der Waals surface area contributed by atoms with Crippen LogP contribution >= 0.6 is 11.3 Å². The van der Waals surface area contributed by atoms with E-state index < -0.39 is 0 Å². The number of hydrogen-bond donors (Lipinski definition) is 2. The standard InChI is InChI=1S/C14H21N5S/c1-3-4-10-9-20-13-11(10)12(15-2)17-14(18-13)19-7-5-16-6-8-19/h9,16H,3-8H2,1-2H3,(H,15,17,18). The summed E-state index contributed by atoms with van der Waals surface area (Å²) in [7, 11) is 1.94. The zero-order valence-corrected chi connectivity index (χ0v) is 12.9. The van der Waals surface area contributed by atoms with Crippen molar-refractivity contribution in [3.63, 3.8) is 0 Å². The molecule has 0 aliphatic carbocycles. The number of nitrogens with zero attached hydrogens (tertiary/aromatic N) is 3. The number of aromatic nitrogens is 2. The summed E-state index contributed by atoms with van der Waals surface area (Å²) in [4.78, 5) is 12.9. The molecule has 2 aromatic heterocycles. The van der Waals surface area contributed by atoms with E-state index in [0.717, 1.165) is 55.6 Å². The summed E-state index contributed by atoms with van der Waals surface area (Å²) in [5.74, 6) is 1.82. The Morgan fingerprint density at radius 3 is 2.85 bits per heavy atom. The van der Waals surface area contributed by atoms with Crippen molar-refractivity contribution in [1.82, 2.24) is 15.3 Å². The van der Waals surface area contributed by atoms with Crippen molar-refractivity contribution in [2.75, 3.05) is 43.4 Å². The Hall–Kier alpha value is -1.40. The molecule has 6 heteroatoms. The molecule has 1 fully saturated rings. The Balaban J connectivity index is 2.03. The molecule has 0 aromatic carbocycles. The molecule has 3 heterocycles. The minimum Gasteiger partial charge on any atom is -0.372 e. The molecule has 0 radical (unpaired) electrons. The maximum Gasteiger partial charge on any atom is 0.228 e. The summed E-state index contributed by atoms with van der Waals surface area (Å²) in [6.45, 7) is 6.16. The summed E-state index contributed by atoms with van der Waals surface area (Å²) >= 11 is 1.73. The van der Waals surface area contributed by atoms with Crippen molar-refractivity contribution in [2.24, 2.45) is 0 Å². The molecule has 108 valence electrons. The molecule has 1 aliphatic rings. The first-order chi connectivity index (χ1) is 9.83. The van der Waals surface area contributed by atoms with Gasteiger partial charge in [-0.2, -0.15) is 4.98 Å². The Bertz CT molecular complexity index is 589. The molecule has 1 aliphatic heterocycles. The van der Waals surface area contributed by atoms with E-state index in [9.17, 15) is 0 Å². The molecule has 20 heavy (non-hydrogen) atoms. The van der Waals surface area contributed by atoms with E-state index in [4.69, 9.17) is 9.97 Å². The summed E-state index contributed by atoms with van der Waals surface area (Å²) in [6.07, 6.45) is 2.24. The molecular weight excluding hydrogens is 270 g/mol. The molecule has 1 saturated heterocycles. The van der Waals surface area contributed by atoms with Gasteiger partial charge in [-0.25, -0.2) is 4.98 Å². The van der Waals surface area contributed by atoms with Gasteiger partial charge >= 0.3 is 0 Å². The van der Waals surface area contributed by atoms with Crippen LogP contribution in [0, 0.1) is 0 Å². The number of rotatable bonds is 4. The fourth-order valence-corrected chi connectivity index (χ4v) is 3.60. The Morgan fingerprint density at radius 2 is 2.15 bits per heavy atom. The molecule has 0 spiro atoms. The lowest BCUT2D eigenvalue weighted by atomic mass is 10.1. The zero-order chi connectivity index (χ0) is 13.9. The largest absolute Gasteiger partial charge is 0.372 e. The second kappa shape index (κ2) is 5.93. The molecule has 0 bridgehead atoms. The average molecular weight is 291 g/mol. The second-order valence-corrected chi connectivity index (χ2v) is 5.91. The van der Waals surface area contributed by atoms with Crippen molar-refractivity contribution in [3.05, 3.63) is 10.9 Å². The van der Waals surface area contributed by atoms with Crippen LogP contribution in [-0.4, -0.2) is 43.2 Å². The molecule has 2 aromatic rings. The van der Waals surface area contributed by atoms with E-state index in [1.807, 2.05) is 7.05 Å². The second-order valence-electron chi connectivity index (χ2n) is 5.05. The summed E-state index contributed by atoms with van der Waals surface area (Å²) < 4.78 is 0. The molecule has 5 nitrogen and oxygen atoms in total. The van der Waals surface area contributed by atoms with Gasteiger partial charge in [0.05, 0.1) is 5.39 Å². The molecular formula is C14H21N5S. The number of nitrogens with one attached hydrogen (secondary N) is 2. The first-order valence-electron chi connectivity index (χ1n) is 7.25. The van der Waals surface area contributed by atoms with Gasteiger partial charge in [-0.1, -0.05) is 13.3 Å². The van der Waals surface area contributed by atoms with Gasteiger partial charge in [0, 0.05) is 33.2 Å². The third-order valence-electron chi connectivity index (χ3n) is 3.65. The number of thiophene rings is 1. The summed E-state index contributed by atoms with van der Waals surface area (Å²) in [6, 6.07) is 0. The van der Waals surface area contributed by atoms with Crippen molar-refractivity contribution in [3.8, 4) is 0 Å². The van der Waals surface area contributed by atoms with Crippen LogP contribution in [0.2, 0.25) is 0 Å². The van der Waals surface area contributed by atoms with Crippen LogP contribution in [0.15, 0.2) is 5.38 Å². The van der Waals surface area contributed by atoms with E-state index >= 15 is 0 Å². The van der Waals surface area contributed by atoms with Crippen LogP contribution in [0.4, 0.5) is 11.8 Å². The molecule has 0 amide bonds. The van der Waals surface area contributed by atoms with Gasteiger partial charge in [0.2, 0.25) is 5.95 Å². The van der Waals surface area contributed by atoms with Crippen molar-refractivity contribution >= 4 is 33.3 Å². The fraction of sp³-hybridized carbons (Fsp3) is 0.571. The molecule has 3 rings (SSSR count). The molecule has 0 saturated carbocycles. The van der Waals surface area contributed by atoms with Crippen molar-refractivity contribution in [2.45, 2.75) is 19.8 Å². The predicted molar refractivity (Wildman–Crippen MR) is 86.0 cm³/mol. The number of anilines is 2. The van der Waals surface area contributed by atoms with E-state index in [1.165, 1.54) is 10.9 Å². The highest BCUT2D eigenvalue weighted by Gasteiger charge is 2.18. The zero-order valence-electron chi connectivity index (χ0n) is 12.1. The predicted octanol–water partition coefficient (Wildman–Crippen LogP) is 2.10. The lowest BCUT2D eigenvalue weighted by Crippen LogP contribution is -2.44. The number of aryl methyl sites for hydroxylation is 1. The van der Waals surface area contributed by atoms with Gasteiger partial charge in [-0.3, -0.25) is 0 Å². The summed E-state index contributed by atoms with van der Waals surface area (Å²) in [5.41, 5.74) is 1.36. The van der Waals surface area contributed by atoms with Gasteiger partial charge in [0.15, 0.2) is 0 Å². The highest BCUT2D eigenvalue weighted by molar-refractivity contribution is 7.17. The van der Waals surface area contributed by atoms with Crippen LogP contribution in [0.5, 0.6) is 0 Å². The van der Waals surface area contributed by atoms with Crippen LogP contribution in [0.1, 0.15) is 18.9 Å². The molecule has 0 atom stereocenters. The van der Waals surface area contributed by atoms with Gasteiger partial charge in [0.1, 0.15) is 10.6 Å². The number of fused-ring (bicyclic) bond motifs is 1. The quantitative estimate of drug-likeness (QED) is 0.903. The number of hydrogen-bond acceptors (Lipinski definition) is 6. The first kappa shape index (κ1) is 13.6. The Labute approximate surface area is 123 Å². The van der Waals surface area contributed by atoms with E-state index in [1.54, 1.807) is 11.3 Å². The minimum absolute atomic E-state index is 0.855. The highest BCUT2D eigenvalue weighted by Crippen LogP contribution is 2.32. The van der Waals surface area contributed by atoms with E-state index in [0.29, 0.717) is 0 Å². The van der Waals surface area contributed by atoms with Crippen LogP contribution in [0.25, 0.3) is 10.2 Å². The SMILES string of the molecule is CCCc1csc2nc(N3CCNCC3)nc(NC)c12. The fourth-order valence-electron chi connectivity index (χ4n) is 2.63. The summed E-state index contributed by atoms with van der Waals surface area (Å²) in [5, 5.41) is 10.0. The average Bonchev–Trinajstić information content (AvgIpc) is 2.91. The topological polar surface area (TPSA) is 53.1 Å². The molecule has 2 N–H and O–H groups in total. The van der Waals surface area contributed by atoms with Gasteiger partial charge in [-0.15, -0.1) is 11.3 Å². The first-order valence-corrected chi connectivity index (χ1v) is 8.13. The minimum atomic E-state index is 0.855. The smallest absolute Gasteiger partial charge is 0.228 e. The van der Waals surface area contributed by atoms with Crippen LogP contribution < -0.4 is 15.5 Å². The van der Waals surface area contributed by atoms with Gasteiger partial charge in [0.25, 0.3) is 0 Å². The van der Waals surface area contributed by atoms with Crippen molar-refractivity contribution in [1.29, 1.82) is 0 Å². The maximum atomic E-state index is 4.78. The van der Waals surface area contributed by atoms with E-state index in [2.05, 4.69) is 27.8 Å². The highest BCUT2D eigenvalue weighted by atomic mass is 32.1. The van der Waals surface area contributed by atoms with E-state index in [-0.39, 0.29) is 0 Å². The number of piperazine rings is 1. The van der Waals surface area contributed by atoms with Crippen LogP contribution in [-0.2, 0) is 6.42 Å². The van der Waals surface area contributed by atoms with Crippen molar-refractivity contribution < 1.29 is 0 Å². The lowest BCUT2D eigenvalue weighted by molar-refractivity contribution is 0.581. The normalized spacial score (nSPS) is 15.8. The maximum absolute atomic E-state index is 4.78. The molecule has 0 unspecified atom stereocenters. The van der Waals surface area contributed by atoms with Crippen LogP contribution in [0.3, 0.4) is 0 Å². The Kier molecular flexibility index (Phi) is 4.03. The monoisotopic (exact) mass is 291 g/mol. The Morgan fingerprint density at radius 1 is 1.35 bits per heavy atom. The van der Waals surface area contributed by atoms with Gasteiger partial charge in [-0.05, 0) is 17.4 Å².